The van der Waals surface area contributed by atoms with Gasteiger partial charge in [0, 0.05) is 17.4 Å². The highest BCUT2D eigenvalue weighted by molar-refractivity contribution is 7.99. The summed E-state index contributed by atoms with van der Waals surface area (Å²) in [6.45, 7) is 3.74. The Labute approximate surface area is 126 Å². The van der Waals surface area contributed by atoms with E-state index >= 15 is 0 Å². The summed E-state index contributed by atoms with van der Waals surface area (Å²) in [6, 6.07) is 6.90. The van der Waals surface area contributed by atoms with Crippen LogP contribution < -0.4 is 14.8 Å². The van der Waals surface area contributed by atoms with Gasteiger partial charge in [0.2, 0.25) is 0 Å². The van der Waals surface area contributed by atoms with Gasteiger partial charge in [0.1, 0.15) is 0 Å². The van der Waals surface area contributed by atoms with Crippen LogP contribution in [0.2, 0.25) is 0 Å². The molecule has 1 atom stereocenters. The molecule has 1 aliphatic rings. The number of thioether (sulfide) groups is 1. The maximum absolute atomic E-state index is 5.72. The second-order valence-electron chi connectivity index (χ2n) is 5.19. The number of rotatable bonds is 7. The summed E-state index contributed by atoms with van der Waals surface area (Å²) in [4.78, 5) is 1.27. The molecule has 0 aliphatic carbocycles. The van der Waals surface area contributed by atoms with E-state index in [4.69, 9.17) is 9.47 Å². The van der Waals surface area contributed by atoms with E-state index in [0.717, 1.165) is 36.9 Å². The normalized spacial score (nSPS) is 15.7. The van der Waals surface area contributed by atoms with Gasteiger partial charge in [-0.25, -0.2) is 0 Å². The molecule has 0 saturated heterocycles. The quantitative estimate of drug-likeness (QED) is 0.613. The number of benzene rings is 1. The first-order chi connectivity index (χ1) is 9.79. The molecular weight excluding hydrogens is 270 g/mol. The van der Waals surface area contributed by atoms with Gasteiger partial charge in [-0.3, -0.25) is 0 Å². The van der Waals surface area contributed by atoms with E-state index in [1.54, 1.807) is 0 Å². The highest BCUT2D eigenvalue weighted by Crippen LogP contribution is 2.34. The smallest absolute Gasteiger partial charge is 0.162 e. The predicted octanol–water partition coefficient (Wildman–Crippen LogP) is 3.72. The average molecular weight is 295 g/mol. The lowest BCUT2D eigenvalue weighted by molar-refractivity contribution is 0.297. The van der Waals surface area contributed by atoms with Crippen molar-refractivity contribution in [2.24, 2.45) is 0 Å². The zero-order valence-electron chi connectivity index (χ0n) is 12.5. The standard InChI is InChI=1S/C16H25NO2S/c1-13(17-2)6-3-4-11-20-14-7-8-15-16(12-14)19-10-5-9-18-15/h7-8,12-13,17H,3-6,9-11H2,1-2H3. The van der Waals surface area contributed by atoms with Crippen LogP contribution in [0.15, 0.2) is 23.1 Å². The Hall–Kier alpha value is -0.870. The van der Waals surface area contributed by atoms with Gasteiger partial charge in [-0.2, -0.15) is 0 Å². The van der Waals surface area contributed by atoms with E-state index in [1.165, 1.54) is 24.2 Å². The predicted molar refractivity (Wildman–Crippen MR) is 85.1 cm³/mol. The third kappa shape index (κ3) is 4.91. The minimum atomic E-state index is 0.623. The Bertz CT molecular complexity index is 411. The molecule has 0 fully saturated rings. The first-order valence-electron chi connectivity index (χ1n) is 7.49. The highest BCUT2D eigenvalue weighted by Gasteiger charge is 2.10. The second-order valence-corrected chi connectivity index (χ2v) is 6.36. The van der Waals surface area contributed by atoms with Gasteiger partial charge in [-0.15, -0.1) is 11.8 Å². The van der Waals surface area contributed by atoms with Gasteiger partial charge >= 0.3 is 0 Å². The molecule has 2 rings (SSSR count). The molecule has 3 nitrogen and oxygen atoms in total. The van der Waals surface area contributed by atoms with Crippen LogP contribution in [0.4, 0.5) is 0 Å². The Balaban J connectivity index is 1.75. The van der Waals surface area contributed by atoms with Crippen molar-refractivity contribution in [3.63, 3.8) is 0 Å². The zero-order chi connectivity index (χ0) is 14.2. The monoisotopic (exact) mass is 295 g/mol. The number of unbranched alkanes of at least 4 members (excludes halogenated alkanes) is 1. The number of ether oxygens (including phenoxy) is 2. The van der Waals surface area contributed by atoms with Crippen molar-refractivity contribution in [1.29, 1.82) is 0 Å². The first-order valence-corrected chi connectivity index (χ1v) is 8.48. The number of fused-ring (bicyclic) bond motifs is 1. The van der Waals surface area contributed by atoms with Crippen molar-refractivity contribution in [3.05, 3.63) is 18.2 Å². The van der Waals surface area contributed by atoms with Crippen molar-refractivity contribution in [1.82, 2.24) is 5.32 Å². The Kier molecular flexibility index (Phi) is 6.54. The summed E-state index contributed by atoms with van der Waals surface area (Å²) in [5, 5.41) is 3.28. The molecule has 0 spiro atoms. The molecule has 0 saturated carbocycles. The molecule has 0 radical (unpaired) electrons. The average Bonchev–Trinajstić information content (AvgIpc) is 2.71. The van der Waals surface area contributed by atoms with Gasteiger partial charge < -0.3 is 14.8 Å². The van der Waals surface area contributed by atoms with E-state index in [0.29, 0.717) is 6.04 Å². The molecule has 0 bridgehead atoms. The van der Waals surface area contributed by atoms with Gasteiger partial charge in [0.15, 0.2) is 11.5 Å². The Morgan fingerprint density at radius 2 is 2.00 bits per heavy atom. The Morgan fingerprint density at radius 1 is 1.20 bits per heavy atom. The fourth-order valence-electron chi connectivity index (χ4n) is 2.12. The zero-order valence-corrected chi connectivity index (χ0v) is 13.3. The van der Waals surface area contributed by atoms with Crippen molar-refractivity contribution in [2.45, 2.75) is 43.5 Å². The third-order valence-electron chi connectivity index (χ3n) is 3.51. The molecule has 20 heavy (non-hydrogen) atoms. The lowest BCUT2D eigenvalue weighted by Crippen LogP contribution is -2.20. The van der Waals surface area contributed by atoms with Crippen LogP contribution in [0.25, 0.3) is 0 Å². The molecule has 1 aliphatic heterocycles. The number of hydrogen-bond acceptors (Lipinski definition) is 4. The molecule has 1 aromatic rings. The van der Waals surface area contributed by atoms with Crippen molar-refractivity contribution >= 4 is 11.8 Å². The molecular formula is C16H25NO2S. The summed E-state index contributed by atoms with van der Waals surface area (Å²) in [5.41, 5.74) is 0. The third-order valence-corrected chi connectivity index (χ3v) is 4.59. The van der Waals surface area contributed by atoms with Crippen LogP contribution in [-0.4, -0.2) is 32.1 Å². The van der Waals surface area contributed by atoms with Crippen molar-refractivity contribution in [2.75, 3.05) is 26.0 Å². The second kappa shape index (κ2) is 8.42. The molecule has 4 heteroatoms. The maximum Gasteiger partial charge on any atom is 0.162 e. The first kappa shape index (κ1) is 15.5. The van der Waals surface area contributed by atoms with E-state index in [1.807, 2.05) is 24.9 Å². The highest BCUT2D eigenvalue weighted by atomic mass is 32.2. The topological polar surface area (TPSA) is 30.5 Å². The summed E-state index contributed by atoms with van der Waals surface area (Å²) >= 11 is 1.90. The summed E-state index contributed by atoms with van der Waals surface area (Å²) < 4.78 is 11.4. The molecule has 1 N–H and O–H groups in total. The van der Waals surface area contributed by atoms with E-state index in [-0.39, 0.29) is 0 Å². The van der Waals surface area contributed by atoms with E-state index < -0.39 is 0 Å². The van der Waals surface area contributed by atoms with Crippen LogP contribution in [0, 0.1) is 0 Å². The van der Waals surface area contributed by atoms with Gasteiger partial charge in [0.25, 0.3) is 0 Å². The van der Waals surface area contributed by atoms with Crippen LogP contribution in [0.1, 0.15) is 32.6 Å². The molecule has 1 aromatic carbocycles. The van der Waals surface area contributed by atoms with Crippen molar-refractivity contribution in [3.8, 4) is 11.5 Å². The minimum absolute atomic E-state index is 0.623. The van der Waals surface area contributed by atoms with Gasteiger partial charge in [-0.1, -0.05) is 6.42 Å². The van der Waals surface area contributed by atoms with Crippen molar-refractivity contribution < 1.29 is 9.47 Å². The fraction of sp³-hybridized carbons (Fsp3) is 0.625. The van der Waals surface area contributed by atoms with Crippen LogP contribution in [-0.2, 0) is 0 Å². The van der Waals surface area contributed by atoms with Gasteiger partial charge in [-0.05, 0) is 50.8 Å². The number of nitrogens with one attached hydrogen (secondary N) is 1. The molecule has 0 aromatic heterocycles. The summed E-state index contributed by atoms with van der Waals surface area (Å²) in [5.74, 6) is 2.95. The SMILES string of the molecule is CNC(C)CCCCSc1ccc2c(c1)OCCCO2. The fourth-order valence-corrected chi connectivity index (χ4v) is 3.06. The lowest BCUT2D eigenvalue weighted by Gasteiger charge is -2.10. The van der Waals surface area contributed by atoms with E-state index in [2.05, 4.69) is 24.4 Å². The van der Waals surface area contributed by atoms with Gasteiger partial charge in [0.05, 0.1) is 13.2 Å². The molecule has 0 amide bonds. The molecule has 112 valence electrons. The lowest BCUT2D eigenvalue weighted by atomic mass is 10.1. The Morgan fingerprint density at radius 3 is 2.80 bits per heavy atom. The van der Waals surface area contributed by atoms with E-state index in [9.17, 15) is 0 Å². The number of hydrogen-bond donors (Lipinski definition) is 1. The summed E-state index contributed by atoms with van der Waals surface area (Å²) in [6.07, 6.45) is 4.74. The minimum Gasteiger partial charge on any atom is -0.490 e. The van der Waals surface area contributed by atoms with Crippen LogP contribution >= 0.6 is 11.8 Å². The summed E-state index contributed by atoms with van der Waals surface area (Å²) in [7, 11) is 2.02. The molecule has 1 unspecified atom stereocenters. The molecule has 1 heterocycles. The van der Waals surface area contributed by atoms with Crippen LogP contribution in [0.3, 0.4) is 0 Å². The maximum atomic E-state index is 5.72. The van der Waals surface area contributed by atoms with Crippen LogP contribution in [0.5, 0.6) is 11.5 Å². The largest absolute Gasteiger partial charge is 0.490 e.